The summed E-state index contributed by atoms with van der Waals surface area (Å²) in [4.78, 5) is 12.6. The number of hydrogen-bond donors (Lipinski definition) is 2. The molecule has 0 bridgehead atoms. The van der Waals surface area contributed by atoms with Crippen molar-refractivity contribution >= 4 is 46.4 Å². The Balaban J connectivity index is 2.21. The average molecular weight is 468 g/mol. The Morgan fingerprint density at radius 2 is 1.52 bits per heavy atom. The van der Waals surface area contributed by atoms with Crippen LogP contribution < -0.4 is 10.6 Å². The predicted octanol–water partition coefficient (Wildman–Crippen LogP) is 6.54. The van der Waals surface area contributed by atoms with Crippen molar-refractivity contribution in [3.8, 4) is 0 Å². The van der Waals surface area contributed by atoms with Gasteiger partial charge in [-0.1, -0.05) is 73.8 Å². The highest BCUT2D eigenvalue weighted by Crippen LogP contribution is 2.34. The molecule has 2 aromatic carbocycles. The highest BCUT2D eigenvalue weighted by molar-refractivity contribution is 6.68. The zero-order chi connectivity index (χ0) is 22.0. The zero-order valence-corrected chi connectivity index (χ0v) is 18.1. The molecule has 0 aliphatic rings. The van der Waals surface area contributed by atoms with Gasteiger partial charge in [-0.3, -0.25) is 4.79 Å². The van der Waals surface area contributed by atoms with E-state index in [-0.39, 0.29) is 11.1 Å². The molecule has 0 spiro atoms. The average Bonchev–Trinajstić information content (AvgIpc) is 2.59. The van der Waals surface area contributed by atoms with Crippen LogP contribution in [0.2, 0.25) is 0 Å². The summed E-state index contributed by atoms with van der Waals surface area (Å²) in [6.07, 6.45) is -5.80. The molecule has 0 radical (unpaired) electrons. The van der Waals surface area contributed by atoms with Crippen molar-refractivity contribution in [2.24, 2.45) is 0 Å². The number of anilines is 1. The fraction of sp³-hybridized carbons (Fsp3) is 0.350. The molecule has 0 aromatic heterocycles. The first kappa shape index (κ1) is 23.6. The fourth-order valence-electron chi connectivity index (χ4n) is 2.49. The van der Waals surface area contributed by atoms with E-state index in [4.69, 9.17) is 34.8 Å². The van der Waals surface area contributed by atoms with Gasteiger partial charge in [0, 0.05) is 11.3 Å². The molecule has 2 rings (SSSR count). The van der Waals surface area contributed by atoms with Gasteiger partial charge in [0.1, 0.15) is 6.17 Å². The molecule has 1 atom stereocenters. The number of alkyl halides is 6. The zero-order valence-electron chi connectivity index (χ0n) is 15.9. The van der Waals surface area contributed by atoms with Gasteiger partial charge in [-0.2, -0.15) is 13.2 Å². The van der Waals surface area contributed by atoms with Gasteiger partial charge in [0.25, 0.3) is 5.91 Å². The lowest BCUT2D eigenvalue weighted by atomic mass is 9.87. The SMILES string of the molecule is CC(C)(C)c1ccc(C(=O)N[C@@H](Nc2cccc(C(F)(F)F)c2)C(Cl)(Cl)Cl)cc1. The van der Waals surface area contributed by atoms with Gasteiger partial charge in [0.05, 0.1) is 5.56 Å². The fourth-order valence-corrected chi connectivity index (χ4v) is 2.82. The second kappa shape index (κ2) is 8.62. The van der Waals surface area contributed by atoms with Crippen molar-refractivity contribution in [1.82, 2.24) is 5.32 Å². The van der Waals surface area contributed by atoms with Crippen molar-refractivity contribution in [2.75, 3.05) is 5.32 Å². The summed E-state index contributed by atoms with van der Waals surface area (Å²) < 4.78 is 36.7. The van der Waals surface area contributed by atoms with Crippen LogP contribution in [-0.4, -0.2) is 15.9 Å². The highest BCUT2D eigenvalue weighted by Gasteiger charge is 2.35. The number of carbonyl (C=O) groups is 1. The maximum Gasteiger partial charge on any atom is 0.416 e. The molecular formula is C20H20Cl3F3N2O. The summed E-state index contributed by atoms with van der Waals surface area (Å²) in [6, 6.07) is 11.3. The van der Waals surface area contributed by atoms with E-state index in [9.17, 15) is 18.0 Å². The second-order valence-corrected chi connectivity index (χ2v) is 9.87. The van der Waals surface area contributed by atoms with Gasteiger partial charge in [0.2, 0.25) is 3.79 Å². The number of carbonyl (C=O) groups excluding carboxylic acids is 1. The van der Waals surface area contributed by atoms with Crippen molar-refractivity contribution in [1.29, 1.82) is 0 Å². The van der Waals surface area contributed by atoms with Gasteiger partial charge in [-0.05, 0) is 41.3 Å². The number of hydrogen-bond acceptors (Lipinski definition) is 2. The molecule has 0 aliphatic carbocycles. The van der Waals surface area contributed by atoms with E-state index < -0.39 is 27.6 Å². The first-order valence-corrected chi connectivity index (χ1v) is 9.73. The summed E-state index contributed by atoms with van der Waals surface area (Å²) >= 11 is 17.8. The largest absolute Gasteiger partial charge is 0.416 e. The maximum absolute atomic E-state index is 12.9. The standard InChI is InChI=1S/C20H20Cl3F3N2O/c1-18(2,3)13-9-7-12(8-10-13)16(29)28-17(19(21,22)23)27-15-6-4-5-14(11-15)20(24,25)26/h4-11,17,27H,1-3H3,(H,28,29)/t17-/m1/s1. The van der Waals surface area contributed by atoms with E-state index in [1.165, 1.54) is 12.1 Å². The van der Waals surface area contributed by atoms with Gasteiger partial charge >= 0.3 is 6.18 Å². The molecular weight excluding hydrogens is 448 g/mol. The minimum atomic E-state index is -4.52. The molecule has 158 valence electrons. The molecule has 0 saturated carbocycles. The lowest BCUT2D eigenvalue weighted by molar-refractivity contribution is -0.137. The van der Waals surface area contributed by atoms with Gasteiger partial charge in [-0.15, -0.1) is 0 Å². The molecule has 0 fully saturated rings. The van der Waals surface area contributed by atoms with E-state index in [1.54, 1.807) is 12.1 Å². The lowest BCUT2D eigenvalue weighted by Gasteiger charge is -2.28. The number of halogens is 6. The number of amides is 1. The minimum absolute atomic E-state index is 0.0412. The summed E-state index contributed by atoms with van der Waals surface area (Å²) in [6.45, 7) is 6.12. The van der Waals surface area contributed by atoms with E-state index in [2.05, 4.69) is 10.6 Å². The first-order valence-electron chi connectivity index (χ1n) is 8.60. The molecule has 0 unspecified atom stereocenters. The van der Waals surface area contributed by atoms with Crippen LogP contribution in [-0.2, 0) is 11.6 Å². The quantitative estimate of drug-likeness (QED) is 0.396. The van der Waals surface area contributed by atoms with Crippen LogP contribution in [0.3, 0.4) is 0 Å². The van der Waals surface area contributed by atoms with Crippen molar-refractivity contribution < 1.29 is 18.0 Å². The Hall–Kier alpha value is -1.63. The highest BCUT2D eigenvalue weighted by atomic mass is 35.6. The van der Waals surface area contributed by atoms with Crippen molar-refractivity contribution in [2.45, 2.75) is 42.3 Å². The molecule has 0 heterocycles. The van der Waals surface area contributed by atoms with Gasteiger partial charge in [0.15, 0.2) is 0 Å². The molecule has 1 amide bonds. The summed E-state index contributed by atoms with van der Waals surface area (Å²) in [5, 5.41) is 5.15. The van der Waals surface area contributed by atoms with Crippen LogP contribution in [0.4, 0.5) is 18.9 Å². The van der Waals surface area contributed by atoms with Crippen LogP contribution in [0, 0.1) is 0 Å². The summed E-state index contributed by atoms with van der Waals surface area (Å²) in [7, 11) is 0. The van der Waals surface area contributed by atoms with Gasteiger partial charge < -0.3 is 10.6 Å². The smallest absolute Gasteiger partial charge is 0.362 e. The Bertz CT molecular complexity index is 857. The third-order valence-electron chi connectivity index (χ3n) is 4.12. The van der Waals surface area contributed by atoms with Crippen LogP contribution in [0.25, 0.3) is 0 Å². The van der Waals surface area contributed by atoms with Crippen LogP contribution in [0.1, 0.15) is 42.3 Å². The second-order valence-electron chi connectivity index (χ2n) is 7.50. The van der Waals surface area contributed by atoms with E-state index >= 15 is 0 Å². The normalized spacial score (nSPS) is 13.7. The monoisotopic (exact) mass is 466 g/mol. The Kier molecular flexibility index (Phi) is 7.03. The van der Waals surface area contributed by atoms with Crippen molar-refractivity contribution in [3.63, 3.8) is 0 Å². The Morgan fingerprint density at radius 3 is 2.00 bits per heavy atom. The molecule has 2 N–H and O–H groups in total. The van der Waals surface area contributed by atoms with Gasteiger partial charge in [-0.25, -0.2) is 0 Å². The van der Waals surface area contributed by atoms with E-state index in [1.807, 2.05) is 32.9 Å². The molecule has 3 nitrogen and oxygen atoms in total. The van der Waals surface area contributed by atoms with Crippen molar-refractivity contribution in [3.05, 3.63) is 65.2 Å². The van der Waals surface area contributed by atoms with Crippen LogP contribution >= 0.6 is 34.8 Å². The van der Waals surface area contributed by atoms with Crippen LogP contribution in [0.5, 0.6) is 0 Å². The minimum Gasteiger partial charge on any atom is -0.362 e. The predicted molar refractivity (Wildman–Crippen MR) is 112 cm³/mol. The lowest BCUT2D eigenvalue weighted by Crippen LogP contribution is -2.49. The molecule has 0 aliphatic heterocycles. The first-order chi connectivity index (χ1) is 13.2. The van der Waals surface area contributed by atoms with E-state index in [0.717, 1.165) is 17.7 Å². The topological polar surface area (TPSA) is 41.1 Å². The number of nitrogens with one attached hydrogen (secondary N) is 2. The molecule has 9 heteroatoms. The Labute approximate surface area is 182 Å². The molecule has 2 aromatic rings. The van der Waals surface area contributed by atoms with E-state index in [0.29, 0.717) is 5.56 Å². The summed E-state index contributed by atoms with van der Waals surface area (Å²) in [5.74, 6) is -0.540. The third kappa shape index (κ3) is 6.69. The number of rotatable bonds is 4. The molecule has 29 heavy (non-hydrogen) atoms. The van der Waals surface area contributed by atoms with Crippen LogP contribution in [0.15, 0.2) is 48.5 Å². The molecule has 0 saturated heterocycles. The maximum atomic E-state index is 12.9. The Morgan fingerprint density at radius 1 is 0.931 bits per heavy atom. The summed E-state index contributed by atoms with van der Waals surface area (Å²) in [5.41, 5.74) is 0.450. The third-order valence-corrected chi connectivity index (χ3v) is 4.77. The number of benzene rings is 2.